The van der Waals surface area contributed by atoms with Crippen molar-refractivity contribution in [2.45, 2.75) is 57.7 Å². The molecule has 1 aliphatic rings. The fourth-order valence-electron chi connectivity index (χ4n) is 2.57. The number of nitrogens with one attached hydrogen (secondary N) is 1. The minimum Gasteiger partial charge on any atom is -0.397 e. The maximum atomic E-state index is 12.1. The number of benzene rings is 1. The van der Waals surface area contributed by atoms with Gasteiger partial charge in [0.1, 0.15) is 6.10 Å². The number of ether oxygens (including phenoxy) is 1. The number of carbonyl (C=O) groups is 1. The minimum atomic E-state index is -0.447. The average molecular weight is 313 g/mol. The summed E-state index contributed by atoms with van der Waals surface area (Å²) in [5, 5.41) is 2.83. The lowest BCUT2D eigenvalue weighted by Crippen LogP contribution is -2.31. The Morgan fingerprint density at radius 2 is 1.86 bits per heavy atom. The number of carbonyl (C=O) groups excluding carboxylic acids is 1. The molecule has 5 heteroatoms. The van der Waals surface area contributed by atoms with E-state index in [2.05, 4.69) is 5.32 Å². The smallest absolute Gasteiger partial charge is 0.253 e. The van der Waals surface area contributed by atoms with Crippen LogP contribution in [0.4, 0.5) is 11.4 Å². The number of amides is 1. The molecule has 1 aromatic rings. The van der Waals surface area contributed by atoms with Crippen LogP contribution < -0.4 is 11.1 Å². The summed E-state index contributed by atoms with van der Waals surface area (Å²) in [6.45, 7) is 1.80. The second kappa shape index (κ2) is 8.90. The second-order valence-corrected chi connectivity index (χ2v) is 5.47. The minimum absolute atomic E-state index is 0. The summed E-state index contributed by atoms with van der Waals surface area (Å²) in [6.07, 6.45) is 6.84. The van der Waals surface area contributed by atoms with Crippen LogP contribution in [-0.4, -0.2) is 18.1 Å². The van der Waals surface area contributed by atoms with E-state index < -0.39 is 6.10 Å². The number of nitrogen functional groups attached to an aromatic ring is 1. The number of halogens is 1. The molecule has 0 aromatic heterocycles. The van der Waals surface area contributed by atoms with Crippen molar-refractivity contribution in [3.8, 4) is 0 Å². The Morgan fingerprint density at radius 1 is 1.24 bits per heavy atom. The van der Waals surface area contributed by atoms with Crippen LogP contribution in [-0.2, 0) is 9.53 Å². The summed E-state index contributed by atoms with van der Waals surface area (Å²) >= 11 is 0. The first-order chi connectivity index (χ1) is 9.66. The topological polar surface area (TPSA) is 64.3 Å². The SMILES string of the molecule is CC(OC1CCCCCC1)C(=O)Nc1ccccc1N.Cl. The van der Waals surface area contributed by atoms with E-state index in [0.29, 0.717) is 11.4 Å². The maximum absolute atomic E-state index is 12.1. The third-order valence-electron chi connectivity index (χ3n) is 3.79. The van der Waals surface area contributed by atoms with Crippen LogP contribution in [0.3, 0.4) is 0 Å². The number of para-hydroxylation sites is 2. The Kier molecular flexibility index (Phi) is 7.54. The zero-order valence-electron chi connectivity index (χ0n) is 12.5. The number of anilines is 2. The first-order valence-electron chi connectivity index (χ1n) is 7.47. The van der Waals surface area contributed by atoms with Gasteiger partial charge in [-0.25, -0.2) is 0 Å². The predicted molar refractivity (Wildman–Crippen MR) is 88.8 cm³/mol. The van der Waals surface area contributed by atoms with Gasteiger partial charge in [0.25, 0.3) is 5.91 Å². The summed E-state index contributed by atoms with van der Waals surface area (Å²) in [5.41, 5.74) is 7.04. The van der Waals surface area contributed by atoms with Gasteiger partial charge >= 0.3 is 0 Å². The summed E-state index contributed by atoms with van der Waals surface area (Å²) < 4.78 is 5.89. The molecular formula is C16H25ClN2O2. The Balaban J connectivity index is 0.00000220. The van der Waals surface area contributed by atoms with Crippen LogP contribution >= 0.6 is 12.4 Å². The van der Waals surface area contributed by atoms with Crippen molar-refractivity contribution in [1.29, 1.82) is 0 Å². The summed E-state index contributed by atoms with van der Waals surface area (Å²) in [7, 11) is 0. The Morgan fingerprint density at radius 3 is 2.48 bits per heavy atom. The molecule has 0 radical (unpaired) electrons. The van der Waals surface area contributed by atoms with Crippen molar-refractivity contribution >= 4 is 29.7 Å². The van der Waals surface area contributed by atoms with Crippen LogP contribution in [0.1, 0.15) is 45.4 Å². The molecular weight excluding hydrogens is 288 g/mol. The van der Waals surface area contributed by atoms with Crippen LogP contribution in [0.25, 0.3) is 0 Å². The lowest BCUT2D eigenvalue weighted by Gasteiger charge is -2.21. The van der Waals surface area contributed by atoms with Crippen molar-refractivity contribution in [2.75, 3.05) is 11.1 Å². The normalized spacial score (nSPS) is 17.4. The predicted octanol–water partition coefficient (Wildman–Crippen LogP) is 3.76. The van der Waals surface area contributed by atoms with E-state index in [0.717, 1.165) is 12.8 Å². The van der Waals surface area contributed by atoms with Gasteiger partial charge < -0.3 is 15.8 Å². The van der Waals surface area contributed by atoms with E-state index in [1.54, 1.807) is 19.1 Å². The van der Waals surface area contributed by atoms with Crippen LogP contribution in [0.15, 0.2) is 24.3 Å². The van der Waals surface area contributed by atoms with Crippen LogP contribution in [0.2, 0.25) is 0 Å². The Hall–Kier alpha value is -1.26. The van der Waals surface area contributed by atoms with Crippen LogP contribution in [0.5, 0.6) is 0 Å². The molecule has 0 spiro atoms. The van der Waals surface area contributed by atoms with Gasteiger partial charge in [0, 0.05) is 0 Å². The third kappa shape index (κ3) is 5.56. The van der Waals surface area contributed by atoms with Crippen molar-refractivity contribution < 1.29 is 9.53 Å². The van der Waals surface area contributed by atoms with Gasteiger partial charge in [0.2, 0.25) is 0 Å². The molecule has 2 rings (SSSR count). The molecule has 0 saturated heterocycles. The zero-order valence-corrected chi connectivity index (χ0v) is 13.3. The molecule has 1 amide bonds. The highest BCUT2D eigenvalue weighted by atomic mass is 35.5. The van der Waals surface area contributed by atoms with E-state index in [-0.39, 0.29) is 24.4 Å². The first kappa shape index (κ1) is 17.8. The standard InChI is InChI=1S/C16H24N2O2.ClH/c1-12(20-13-8-4-2-3-5-9-13)16(19)18-15-11-7-6-10-14(15)17;/h6-7,10-13H,2-5,8-9,17H2,1H3,(H,18,19);1H. The monoisotopic (exact) mass is 312 g/mol. The van der Waals surface area contributed by atoms with Gasteiger partial charge in [-0.15, -0.1) is 12.4 Å². The van der Waals surface area contributed by atoms with E-state index in [9.17, 15) is 4.79 Å². The van der Waals surface area contributed by atoms with E-state index >= 15 is 0 Å². The van der Waals surface area contributed by atoms with Gasteiger partial charge in [-0.1, -0.05) is 37.8 Å². The molecule has 21 heavy (non-hydrogen) atoms. The highest BCUT2D eigenvalue weighted by Gasteiger charge is 2.20. The zero-order chi connectivity index (χ0) is 14.4. The van der Waals surface area contributed by atoms with Gasteiger partial charge in [-0.2, -0.15) is 0 Å². The molecule has 0 heterocycles. The molecule has 0 bridgehead atoms. The fraction of sp³-hybridized carbons (Fsp3) is 0.562. The van der Waals surface area contributed by atoms with Gasteiger partial charge in [-0.3, -0.25) is 4.79 Å². The third-order valence-corrected chi connectivity index (χ3v) is 3.79. The lowest BCUT2D eigenvalue weighted by atomic mass is 10.1. The molecule has 1 atom stereocenters. The highest BCUT2D eigenvalue weighted by molar-refractivity contribution is 5.96. The first-order valence-corrected chi connectivity index (χ1v) is 7.47. The average Bonchev–Trinajstić information content (AvgIpc) is 2.70. The molecule has 0 aliphatic heterocycles. The highest BCUT2D eigenvalue weighted by Crippen LogP contribution is 2.22. The second-order valence-electron chi connectivity index (χ2n) is 5.47. The van der Waals surface area contributed by atoms with Crippen molar-refractivity contribution in [3.63, 3.8) is 0 Å². The molecule has 118 valence electrons. The maximum Gasteiger partial charge on any atom is 0.253 e. The molecule has 1 aliphatic carbocycles. The van der Waals surface area contributed by atoms with Gasteiger partial charge in [0.05, 0.1) is 17.5 Å². The summed E-state index contributed by atoms with van der Waals surface area (Å²) in [6, 6.07) is 7.26. The summed E-state index contributed by atoms with van der Waals surface area (Å²) in [4.78, 5) is 12.1. The molecule has 3 N–H and O–H groups in total. The van der Waals surface area contributed by atoms with E-state index in [4.69, 9.17) is 10.5 Å². The number of rotatable bonds is 4. The molecule has 4 nitrogen and oxygen atoms in total. The molecule has 1 aromatic carbocycles. The Labute approximate surface area is 132 Å². The lowest BCUT2D eigenvalue weighted by molar-refractivity contribution is -0.130. The molecule has 1 unspecified atom stereocenters. The number of nitrogens with two attached hydrogens (primary N) is 1. The quantitative estimate of drug-likeness (QED) is 0.657. The van der Waals surface area contributed by atoms with E-state index in [1.807, 2.05) is 12.1 Å². The van der Waals surface area contributed by atoms with Crippen LogP contribution in [0, 0.1) is 0 Å². The van der Waals surface area contributed by atoms with Crippen molar-refractivity contribution in [1.82, 2.24) is 0 Å². The largest absolute Gasteiger partial charge is 0.397 e. The molecule has 1 saturated carbocycles. The van der Waals surface area contributed by atoms with Gasteiger partial charge in [0.15, 0.2) is 0 Å². The molecule has 1 fully saturated rings. The Bertz CT molecular complexity index is 446. The number of hydrogen-bond donors (Lipinski definition) is 2. The fourth-order valence-corrected chi connectivity index (χ4v) is 2.57. The van der Waals surface area contributed by atoms with Crippen molar-refractivity contribution in [3.05, 3.63) is 24.3 Å². The summed E-state index contributed by atoms with van der Waals surface area (Å²) in [5.74, 6) is -0.132. The van der Waals surface area contributed by atoms with Crippen molar-refractivity contribution in [2.24, 2.45) is 0 Å². The van der Waals surface area contributed by atoms with Gasteiger partial charge in [-0.05, 0) is 31.9 Å². The van der Waals surface area contributed by atoms with E-state index in [1.165, 1.54) is 25.7 Å². The number of hydrogen-bond acceptors (Lipinski definition) is 3.